The molecule has 1 fully saturated rings. The van der Waals surface area contributed by atoms with Gasteiger partial charge >= 0.3 is 6.09 Å². The molecule has 0 heterocycles. The van der Waals surface area contributed by atoms with E-state index in [1.807, 2.05) is 49.3 Å². The molecule has 2 rings (SSSR count). The van der Waals surface area contributed by atoms with Gasteiger partial charge in [0.05, 0.1) is 12.1 Å². The highest BCUT2D eigenvalue weighted by atomic mass is 16.6. The fraction of sp³-hybridized carbons (Fsp3) is 0.647. The third-order valence-electron chi connectivity index (χ3n) is 7.77. The van der Waals surface area contributed by atoms with Gasteiger partial charge in [-0.3, -0.25) is 14.4 Å². The van der Waals surface area contributed by atoms with Crippen molar-refractivity contribution < 1.29 is 29.0 Å². The van der Waals surface area contributed by atoms with Crippen molar-refractivity contribution in [3.63, 3.8) is 0 Å². The number of aliphatic hydroxyl groups excluding tert-OH is 1. The quantitative estimate of drug-likeness (QED) is 0.177. The topological polar surface area (TPSA) is 149 Å². The molecular weight excluding hydrogens is 574 g/mol. The molecule has 0 aliphatic heterocycles. The Hall–Kier alpha value is -3.44. The minimum atomic E-state index is -1.04. The lowest BCUT2D eigenvalue weighted by molar-refractivity contribution is -0.130. The molecule has 4 atom stereocenters. The highest BCUT2D eigenvalue weighted by molar-refractivity contribution is 5.93. The summed E-state index contributed by atoms with van der Waals surface area (Å²) in [6, 6.07) is 6.65. The third-order valence-corrected chi connectivity index (χ3v) is 7.77. The van der Waals surface area contributed by atoms with Crippen LogP contribution in [0.2, 0.25) is 0 Å². The number of benzene rings is 1. The number of carbonyl (C=O) groups excluding carboxylic acids is 4. The van der Waals surface area contributed by atoms with E-state index in [4.69, 9.17) is 4.74 Å². The van der Waals surface area contributed by atoms with Crippen LogP contribution in [0.15, 0.2) is 42.5 Å². The molecule has 0 spiro atoms. The molecule has 11 nitrogen and oxygen atoms in total. The molecule has 252 valence electrons. The number of hydrogen-bond acceptors (Lipinski definition) is 7. The number of amides is 4. The van der Waals surface area contributed by atoms with Crippen LogP contribution >= 0.6 is 0 Å². The zero-order chi connectivity index (χ0) is 33.6. The number of ether oxygens (including phenoxy) is 1. The summed E-state index contributed by atoms with van der Waals surface area (Å²) in [4.78, 5) is 53.8. The van der Waals surface area contributed by atoms with E-state index in [1.54, 1.807) is 27.7 Å². The van der Waals surface area contributed by atoms with Gasteiger partial charge in [0, 0.05) is 31.5 Å². The van der Waals surface area contributed by atoms with Gasteiger partial charge < -0.3 is 36.0 Å². The number of alkyl carbamates (subject to hydrolysis) is 1. The predicted molar refractivity (Wildman–Crippen MR) is 175 cm³/mol. The van der Waals surface area contributed by atoms with Crippen LogP contribution in [-0.4, -0.2) is 90.8 Å². The molecule has 45 heavy (non-hydrogen) atoms. The van der Waals surface area contributed by atoms with E-state index in [1.165, 1.54) is 6.42 Å². The summed E-state index contributed by atoms with van der Waals surface area (Å²) in [6.45, 7) is 11.8. The predicted octanol–water partition coefficient (Wildman–Crippen LogP) is 3.07. The van der Waals surface area contributed by atoms with Gasteiger partial charge in [-0.15, -0.1) is 0 Å². The number of aliphatic hydroxyl groups is 1. The fourth-order valence-electron chi connectivity index (χ4n) is 5.30. The van der Waals surface area contributed by atoms with E-state index in [-0.39, 0.29) is 24.3 Å². The maximum atomic E-state index is 13.4. The first-order valence-electron chi connectivity index (χ1n) is 16.1. The van der Waals surface area contributed by atoms with Crippen LogP contribution in [0, 0.1) is 5.92 Å². The van der Waals surface area contributed by atoms with Crippen molar-refractivity contribution in [2.75, 3.05) is 27.2 Å². The maximum absolute atomic E-state index is 13.4. The summed E-state index contributed by atoms with van der Waals surface area (Å²) in [7, 11) is 3.82. The summed E-state index contributed by atoms with van der Waals surface area (Å²) >= 11 is 0. The van der Waals surface area contributed by atoms with Crippen LogP contribution in [0.25, 0.3) is 0 Å². The summed E-state index contributed by atoms with van der Waals surface area (Å²) in [6.07, 6.45) is 4.37. The smallest absolute Gasteiger partial charge is 0.408 e. The van der Waals surface area contributed by atoms with Crippen LogP contribution in [-0.2, 0) is 25.5 Å². The van der Waals surface area contributed by atoms with Crippen LogP contribution in [0.5, 0.6) is 0 Å². The van der Waals surface area contributed by atoms with Crippen molar-refractivity contribution in [3.05, 3.63) is 48.0 Å². The molecule has 1 aromatic carbocycles. The van der Waals surface area contributed by atoms with Crippen molar-refractivity contribution in [1.82, 2.24) is 26.2 Å². The Labute approximate surface area is 268 Å². The summed E-state index contributed by atoms with van der Waals surface area (Å²) in [5, 5.41) is 22.3. The Kier molecular flexibility index (Phi) is 15.5. The number of nitrogens with zero attached hydrogens (tertiary/aromatic N) is 1. The monoisotopic (exact) mass is 629 g/mol. The molecule has 1 aliphatic rings. The second-order valence-electron chi connectivity index (χ2n) is 13.4. The Morgan fingerprint density at radius 2 is 1.64 bits per heavy atom. The molecule has 0 aromatic heterocycles. The second kappa shape index (κ2) is 18.5. The number of rotatable bonds is 16. The van der Waals surface area contributed by atoms with Gasteiger partial charge in [-0.2, -0.15) is 0 Å². The molecule has 11 heteroatoms. The first-order valence-corrected chi connectivity index (χ1v) is 16.1. The van der Waals surface area contributed by atoms with E-state index >= 15 is 0 Å². The highest BCUT2D eigenvalue weighted by Gasteiger charge is 2.31. The molecule has 4 amide bonds. The van der Waals surface area contributed by atoms with Crippen LogP contribution in [0.4, 0.5) is 4.79 Å². The van der Waals surface area contributed by atoms with E-state index in [2.05, 4.69) is 27.8 Å². The van der Waals surface area contributed by atoms with Crippen molar-refractivity contribution >= 4 is 23.8 Å². The molecule has 1 aromatic rings. The van der Waals surface area contributed by atoms with Gasteiger partial charge in [0.1, 0.15) is 17.7 Å². The Morgan fingerprint density at radius 1 is 1.00 bits per heavy atom. The normalized spacial score (nSPS) is 16.5. The average Bonchev–Trinajstić information content (AvgIpc) is 2.96. The average molecular weight is 630 g/mol. The van der Waals surface area contributed by atoms with Crippen LogP contribution in [0.1, 0.15) is 78.2 Å². The molecule has 0 bridgehead atoms. The number of likely N-dealkylation sites (N-methyl/N-ethyl adjacent to an activating group) is 1. The molecule has 1 aliphatic carbocycles. The van der Waals surface area contributed by atoms with Gasteiger partial charge in [-0.1, -0.05) is 69.0 Å². The lowest BCUT2D eigenvalue weighted by Gasteiger charge is -2.31. The van der Waals surface area contributed by atoms with E-state index < -0.39 is 47.7 Å². The third kappa shape index (κ3) is 14.9. The number of carbonyl (C=O) groups is 4. The lowest BCUT2D eigenvalue weighted by atomic mass is 9.83. The minimum Gasteiger partial charge on any atom is -0.444 e. The fourth-order valence-corrected chi connectivity index (χ4v) is 5.30. The second-order valence-corrected chi connectivity index (χ2v) is 13.4. The van der Waals surface area contributed by atoms with Crippen LogP contribution < -0.4 is 21.3 Å². The summed E-state index contributed by atoms with van der Waals surface area (Å²) in [5.74, 6) is -1.01. The van der Waals surface area contributed by atoms with Gasteiger partial charge in [0.15, 0.2) is 0 Å². The van der Waals surface area contributed by atoms with Crippen molar-refractivity contribution in [1.29, 1.82) is 0 Å². The first kappa shape index (κ1) is 37.7. The summed E-state index contributed by atoms with van der Waals surface area (Å²) < 4.78 is 5.37. The first-order chi connectivity index (χ1) is 21.1. The number of hydrogen-bond donors (Lipinski definition) is 5. The Bertz CT molecular complexity index is 1110. The molecule has 1 saturated carbocycles. The lowest BCUT2D eigenvalue weighted by Crippen LogP contribution is -2.56. The largest absolute Gasteiger partial charge is 0.444 e. The Morgan fingerprint density at radius 3 is 2.24 bits per heavy atom. The zero-order valence-corrected chi connectivity index (χ0v) is 28.0. The molecule has 0 saturated heterocycles. The van der Waals surface area contributed by atoms with Gasteiger partial charge in [-0.25, -0.2) is 4.79 Å². The van der Waals surface area contributed by atoms with Crippen molar-refractivity contribution in [2.24, 2.45) is 5.92 Å². The summed E-state index contributed by atoms with van der Waals surface area (Å²) in [5.41, 5.74) is 0.312. The van der Waals surface area contributed by atoms with Gasteiger partial charge in [-0.05, 0) is 59.7 Å². The van der Waals surface area contributed by atoms with Gasteiger partial charge in [0.2, 0.25) is 17.7 Å². The molecule has 5 N–H and O–H groups in total. The SMILES string of the molecule is C=C(C[C@H](O)[C@H](CC1CCCCC1)NC(=O)[C@H](C)NC(=O)[C@H](Cc1ccccc1)NC(=O)OC(C)(C)C)C(=O)NCCN(C)C. The standard InChI is InChI=1S/C34H55N5O6/c1-23(30(41)35-18-19-39(6)7)20-29(40)27(21-25-14-10-8-11-15-25)37-31(42)24(2)36-32(43)28(22-26-16-12-9-13-17-26)38-33(44)45-34(3,4)5/h9,12-13,16-17,24-25,27-29,40H,1,8,10-11,14-15,18-22H2,2-7H3,(H,35,41)(H,36,43)(H,37,42)(H,38,44)/t24-,27-,28-,29-/m0/s1. The van der Waals surface area contributed by atoms with E-state index in [0.717, 1.165) is 31.2 Å². The number of nitrogens with one attached hydrogen (secondary N) is 4. The molecular formula is C34H55N5O6. The van der Waals surface area contributed by atoms with Crippen molar-refractivity contribution in [3.8, 4) is 0 Å². The molecule has 0 unspecified atom stereocenters. The van der Waals surface area contributed by atoms with Gasteiger partial charge in [0.25, 0.3) is 0 Å². The van der Waals surface area contributed by atoms with Crippen LogP contribution in [0.3, 0.4) is 0 Å². The maximum Gasteiger partial charge on any atom is 0.408 e. The van der Waals surface area contributed by atoms with E-state index in [9.17, 15) is 24.3 Å². The highest BCUT2D eigenvalue weighted by Crippen LogP contribution is 2.29. The zero-order valence-electron chi connectivity index (χ0n) is 28.0. The minimum absolute atomic E-state index is 0.00512. The Balaban J connectivity index is 2.09. The van der Waals surface area contributed by atoms with Crippen molar-refractivity contribution in [2.45, 2.75) is 109 Å². The van der Waals surface area contributed by atoms with E-state index in [0.29, 0.717) is 25.4 Å². The molecule has 0 radical (unpaired) electrons.